The van der Waals surface area contributed by atoms with Crippen LogP contribution in [0.1, 0.15) is 63.9 Å². The van der Waals surface area contributed by atoms with Gasteiger partial charge in [0.15, 0.2) is 15.4 Å². The summed E-state index contributed by atoms with van der Waals surface area (Å²) >= 11 is 4.41. The van der Waals surface area contributed by atoms with E-state index in [4.69, 9.17) is 9.47 Å². The molecule has 0 spiro atoms. The topological polar surface area (TPSA) is 140 Å². The van der Waals surface area contributed by atoms with Gasteiger partial charge in [-0.3, -0.25) is 14.8 Å². The minimum atomic E-state index is -0.680. The SMILES string of the molecule is CCCCOC(=O)NCC1CCN(c2c(NC(=O)c3nc(Br)sc3NC(=O)OC(C)(C)C)cnn2C)CC1. The summed E-state index contributed by atoms with van der Waals surface area (Å²) < 4.78 is 12.6. The molecule has 0 aromatic carbocycles. The van der Waals surface area contributed by atoms with Crippen LogP contribution in [0.5, 0.6) is 0 Å². The molecule has 38 heavy (non-hydrogen) atoms. The first-order valence-electron chi connectivity index (χ1n) is 12.6. The van der Waals surface area contributed by atoms with Crippen LogP contribution in [-0.4, -0.2) is 64.7 Å². The number of aromatic nitrogens is 3. The third-order valence-electron chi connectivity index (χ3n) is 5.77. The fourth-order valence-corrected chi connectivity index (χ4v) is 5.28. The van der Waals surface area contributed by atoms with Crippen LogP contribution in [0.4, 0.5) is 26.1 Å². The molecule has 0 radical (unpaired) electrons. The Morgan fingerprint density at radius 1 is 1.18 bits per heavy atom. The number of halogens is 1. The van der Waals surface area contributed by atoms with Gasteiger partial charge in [0, 0.05) is 26.7 Å². The molecule has 0 bridgehead atoms. The molecule has 210 valence electrons. The number of piperidine rings is 1. The first kappa shape index (κ1) is 29.7. The van der Waals surface area contributed by atoms with Crippen molar-refractivity contribution in [3.05, 3.63) is 15.8 Å². The zero-order valence-electron chi connectivity index (χ0n) is 22.4. The van der Waals surface area contributed by atoms with Gasteiger partial charge < -0.3 is 25.0 Å². The fraction of sp³-hybridized carbons (Fsp3) is 0.625. The van der Waals surface area contributed by atoms with Crippen molar-refractivity contribution in [3.8, 4) is 0 Å². The number of rotatable bonds is 9. The van der Waals surface area contributed by atoms with E-state index in [1.54, 1.807) is 31.6 Å². The predicted octanol–water partition coefficient (Wildman–Crippen LogP) is 4.98. The van der Waals surface area contributed by atoms with E-state index in [9.17, 15) is 14.4 Å². The van der Waals surface area contributed by atoms with Crippen molar-refractivity contribution in [1.29, 1.82) is 0 Å². The van der Waals surface area contributed by atoms with Crippen LogP contribution < -0.4 is 20.9 Å². The molecule has 3 heterocycles. The zero-order chi connectivity index (χ0) is 27.9. The molecule has 1 fully saturated rings. The maximum atomic E-state index is 13.2. The standard InChI is InChI=1S/C24H36BrN7O5S/c1-6-7-12-36-22(34)26-13-15-8-10-32(11-9-15)20-16(14-27-31(20)5)28-18(33)17-19(38-21(25)29-17)30-23(35)37-24(2,3)4/h14-15H,6-13H2,1-5H3,(H,26,34)(H,28,33)(H,30,35). The number of nitrogens with zero attached hydrogens (tertiary/aromatic N) is 4. The number of alkyl carbamates (subject to hydrolysis) is 1. The molecule has 0 atom stereocenters. The van der Waals surface area contributed by atoms with Crippen LogP contribution in [-0.2, 0) is 16.5 Å². The van der Waals surface area contributed by atoms with Crippen LogP contribution >= 0.6 is 27.3 Å². The van der Waals surface area contributed by atoms with Crippen molar-refractivity contribution in [1.82, 2.24) is 20.1 Å². The predicted molar refractivity (Wildman–Crippen MR) is 150 cm³/mol. The second-order valence-corrected chi connectivity index (χ2v) is 12.3. The van der Waals surface area contributed by atoms with Crippen LogP contribution in [0.3, 0.4) is 0 Å². The first-order valence-corrected chi connectivity index (χ1v) is 14.2. The lowest BCUT2D eigenvalue weighted by Crippen LogP contribution is -2.39. The first-order chi connectivity index (χ1) is 18.0. The fourth-order valence-electron chi connectivity index (χ4n) is 3.94. The number of amides is 3. The van der Waals surface area contributed by atoms with E-state index in [0.29, 0.717) is 28.7 Å². The van der Waals surface area contributed by atoms with Crippen molar-refractivity contribution in [2.45, 2.75) is 59.0 Å². The van der Waals surface area contributed by atoms with Gasteiger partial charge in [0.2, 0.25) is 0 Å². The van der Waals surface area contributed by atoms with Crippen molar-refractivity contribution < 1.29 is 23.9 Å². The van der Waals surface area contributed by atoms with Crippen molar-refractivity contribution in [3.63, 3.8) is 0 Å². The molecule has 3 amide bonds. The minimum absolute atomic E-state index is 0.0677. The highest BCUT2D eigenvalue weighted by molar-refractivity contribution is 9.11. The number of thiazole rings is 1. The number of anilines is 3. The maximum absolute atomic E-state index is 13.2. The Bertz CT molecular complexity index is 1120. The molecule has 0 unspecified atom stereocenters. The quantitative estimate of drug-likeness (QED) is 0.336. The van der Waals surface area contributed by atoms with Crippen molar-refractivity contribution in [2.75, 3.05) is 41.8 Å². The van der Waals surface area contributed by atoms with Gasteiger partial charge in [0.05, 0.1) is 12.8 Å². The number of nitrogens with one attached hydrogen (secondary N) is 3. The summed E-state index contributed by atoms with van der Waals surface area (Å²) in [5.74, 6) is 0.637. The number of hydrogen-bond acceptors (Lipinski definition) is 9. The number of aryl methyl sites for hydroxylation is 1. The number of hydrogen-bond donors (Lipinski definition) is 3. The van der Waals surface area contributed by atoms with Crippen LogP contribution in [0, 0.1) is 5.92 Å². The van der Waals surface area contributed by atoms with Crippen LogP contribution in [0.15, 0.2) is 10.1 Å². The van der Waals surface area contributed by atoms with Gasteiger partial charge in [-0.1, -0.05) is 24.7 Å². The number of carbonyl (C=O) groups is 3. The van der Waals surface area contributed by atoms with Gasteiger partial charge in [0.1, 0.15) is 16.3 Å². The highest BCUT2D eigenvalue weighted by atomic mass is 79.9. The van der Waals surface area contributed by atoms with Crippen LogP contribution in [0.2, 0.25) is 0 Å². The normalized spacial score (nSPS) is 14.2. The van der Waals surface area contributed by atoms with Gasteiger partial charge in [-0.15, -0.1) is 0 Å². The van der Waals surface area contributed by atoms with E-state index in [1.165, 1.54) is 0 Å². The largest absolute Gasteiger partial charge is 0.450 e. The summed E-state index contributed by atoms with van der Waals surface area (Å²) in [5.41, 5.74) is -0.0698. The Morgan fingerprint density at radius 2 is 1.89 bits per heavy atom. The molecule has 0 aliphatic carbocycles. The smallest absolute Gasteiger partial charge is 0.412 e. The lowest BCUT2D eigenvalue weighted by atomic mass is 9.97. The monoisotopic (exact) mass is 613 g/mol. The van der Waals surface area contributed by atoms with Gasteiger partial charge in [0.25, 0.3) is 5.91 Å². The minimum Gasteiger partial charge on any atom is -0.450 e. The second kappa shape index (κ2) is 13.3. The molecule has 12 nitrogen and oxygen atoms in total. The molecule has 3 rings (SSSR count). The molecule has 2 aromatic heterocycles. The van der Waals surface area contributed by atoms with E-state index in [0.717, 1.165) is 55.9 Å². The van der Waals surface area contributed by atoms with Gasteiger partial charge >= 0.3 is 12.2 Å². The number of carbonyl (C=O) groups excluding carboxylic acids is 3. The zero-order valence-corrected chi connectivity index (χ0v) is 24.8. The Kier molecular flexibility index (Phi) is 10.4. The average Bonchev–Trinajstić information content (AvgIpc) is 3.38. The molecule has 1 saturated heterocycles. The molecular formula is C24H36BrN7O5S. The van der Waals surface area contributed by atoms with E-state index in [-0.39, 0.29) is 16.8 Å². The Hall–Kier alpha value is -2.87. The number of unbranched alkanes of at least 4 members (excludes halogenated alkanes) is 1. The average molecular weight is 615 g/mol. The summed E-state index contributed by atoms with van der Waals surface area (Å²) in [5, 5.41) is 13.0. The van der Waals surface area contributed by atoms with E-state index < -0.39 is 17.6 Å². The van der Waals surface area contributed by atoms with Crippen LogP contribution in [0.25, 0.3) is 0 Å². The van der Waals surface area contributed by atoms with Crippen molar-refractivity contribution >= 4 is 61.9 Å². The maximum Gasteiger partial charge on any atom is 0.412 e. The third kappa shape index (κ3) is 8.58. The second-order valence-electron chi connectivity index (χ2n) is 10.0. The Labute approximate surface area is 235 Å². The summed E-state index contributed by atoms with van der Waals surface area (Å²) in [7, 11) is 1.82. The summed E-state index contributed by atoms with van der Waals surface area (Å²) in [6, 6.07) is 0. The summed E-state index contributed by atoms with van der Waals surface area (Å²) in [4.78, 5) is 43.7. The molecule has 1 aliphatic rings. The highest BCUT2D eigenvalue weighted by Crippen LogP contribution is 2.32. The lowest BCUT2D eigenvalue weighted by molar-refractivity contribution is 0.0636. The van der Waals surface area contributed by atoms with E-state index in [1.807, 2.05) is 14.0 Å². The van der Waals surface area contributed by atoms with E-state index in [2.05, 4.69) is 46.9 Å². The van der Waals surface area contributed by atoms with Gasteiger partial charge in [-0.25, -0.2) is 14.6 Å². The van der Waals surface area contributed by atoms with Gasteiger partial charge in [-0.2, -0.15) is 5.10 Å². The molecule has 1 aliphatic heterocycles. The Balaban J connectivity index is 1.60. The van der Waals surface area contributed by atoms with Gasteiger partial charge in [-0.05, 0) is 61.9 Å². The Morgan fingerprint density at radius 3 is 2.55 bits per heavy atom. The summed E-state index contributed by atoms with van der Waals surface area (Å²) in [6.07, 6.45) is 4.14. The lowest BCUT2D eigenvalue weighted by Gasteiger charge is -2.33. The molecule has 3 N–H and O–H groups in total. The summed E-state index contributed by atoms with van der Waals surface area (Å²) in [6.45, 7) is 9.82. The van der Waals surface area contributed by atoms with Crippen molar-refractivity contribution in [2.24, 2.45) is 13.0 Å². The molecule has 0 saturated carbocycles. The third-order valence-corrected chi connectivity index (χ3v) is 7.19. The molecule has 2 aromatic rings. The van der Waals surface area contributed by atoms with E-state index >= 15 is 0 Å². The molecule has 14 heteroatoms. The highest BCUT2D eigenvalue weighted by Gasteiger charge is 2.27. The number of ether oxygens (including phenoxy) is 2. The molecular weight excluding hydrogens is 578 g/mol.